The molecule has 0 aliphatic carbocycles. The summed E-state index contributed by atoms with van der Waals surface area (Å²) in [7, 11) is 3.09. The zero-order valence-corrected chi connectivity index (χ0v) is 25.2. The van der Waals surface area contributed by atoms with Gasteiger partial charge in [-0.05, 0) is 36.4 Å². The van der Waals surface area contributed by atoms with Crippen molar-refractivity contribution in [1.82, 2.24) is 19.4 Å². The molecule has 0 radical (unpaired) electrons. The van der Waals surface area contributed by atoms with Crippen LogP contribution in [0.3, 0.4) is 0 Å². The van der Waals surface area contributed by atoms with Crippen LogP contribution in [0.1, 0.15) is 10.4 Å². The molecule has 5 rings (SSSR count). The summed E-state index contributed by atoms with van der Waals surface area (Å²) in [6, 6.07) is 18.2. The molecular formula is C32H33ClFN5O5. The number of anilines is 1. The van der Waals surface area contributed by atoms with Gasteiger partial charge in [-0.1, -0.05) is 35.9 Å². The SMILES string of the molecule is COc1ccc(-n2cc(-c3ccc(Cl)cc3)nc2NC(=O)CN(CCN2CCOCC2)C(=O)c2ccccc2F)cc1OC. The van der Waals surface area contributed by atoms with Gasteiger partial charge in [0.1, 0.15) is 12.4 Å². The molecule has 0 saturated carbocycles. The van der Waals surface area contributed by atoms with Crippen LogP contribution in [0.15, 0.2) is 72.9 Å². The lowest BCUT2D eigenvalue weighted by molar-refractivity contribution is -0.117. The first-order chi connectivity index (χ1) is 21.4. The second-order valence-electron chi connectivity index (χ2n) is 10.1. The number of ether oxygens (including phenoxy) is 3. The van der Waals surface area contributed by atoms with Crippen molar-refractivity contribution in [2.45, 2.75) is 0 Å². The highest BCUT2D eigenvalue weighted by molar-refractivity contribution is 6.30. The van der Waals surface area contributed by atoms with Gasteiger partial charge < -0.3 is 19.1 Å². The monoisotopic (exact) mass is 621 g/mol. The largest absolute Gasteiger partial charge is 0.493 e. The minimum atomic E-state index is -0.647. The van der Waals surface area contributed by atoms with Crippen LogP contribution in [0.2, 0.25) is 5.02 Å². The van der Waals surface area contributed by atoms with E-state index in [0.29, 0.717) is 60.8 Å². The predicted molar refractivity (Wildman–Crippen MR) is 165 cm³/mol. The second kappa shape index (κ2) is 14.3. The van der Waals surface area contributed by atoms with E-state index in [1.807, 2.05) is 12.1 Å². The molecule has 1 saturated heterocycles. The summed E-state index contributed by atoms with van der Waals surface area (Å²) in [4.78, 5) is 35.2. The highest BCUT2D eigenvalue weighted by Crippen LogP contribution is 2.32. The fourth-order valence-corrected chi connectivity index (χ4v) is 5.01. The summed E-state index contributed by atoms with van der Waals surface area (Å²) in [5, 5.41) is 3.44. The number of nitrogens with zero attached hydrogens (tertiary/aromatic N) is 4. The molecule has 230 valence electrons. The van der Waals surface area contributed by atoms with E-state index in [2.05, 4.69) is 10.2 Å². The van der Waals surface area contributed by atoms with Crippen LogP contribution in [0, 0.1) is 5.82 Å². The van der Waals surface area contributed by atoms with Crippen LogP contribution in [0.25, 0.3) is 16.9 Å². The first kappa shape index (κ1) is 31.0. The lowest BCUT2D eigenvalue weighted by atomic mass is 10.2. The molecule has 0 spiro atoms. The Balaban J connectivity index is 1.43. The number of imidazole rings is 1. The van der Waals surface area contributed by atoms with Crippen LogP contribution in [0.4, 0.5) is 10.3 Å². The molecule has 0 bridgehead atoms. The van der Waals surface area contributed by atoms with Gasteiger partial charge in [0, 0.05) is 49.0 Å². The maximum Gasteiger partial charge on any atom is 0.257 e. The van der Waals surface area contributed by atoms with Gasteiger partial charge in [-0.25, -0.2) is 9.37 Å². The van der Waals surface area contributed by atoms with Gasteiger partial charge in [-0.2, -0.15) is 0 Å². The number of carbonyl (C=O) groups excluding carboxylic acids is 2. The maximum absolute atomic E-state index is 14.6. The van der Waals surface area contributed by atoms with E-state index in [0.717, 1.165) is 5.56 Å². The van der Waals surface area contributed by atoms with Crippen molar-refractivity contribution < 1.29 is 28.2 Å². The molecule has 4 aromatic rings. The number of amides is 2. The van der Waals surface area contributed by atoms with E-state index in [1.165, 1.54) is 30.2 Å². The number of carbonyl (C=O) groups is 2. The Morgan fingerprint density at radius 2 is 1.75 bits per heavy atom. The van der Waals surface area contributed by atoms with Crippen LogP contribution < -0.4 is 14.8 Å². The van der Waals surface area contributed by atoms with Crippen molar-refractivity contribution in [2.24, 2.45) is 0 Å². The van der Waals surface area contributed by atoms with Crippen LogP contribution in [-0.4, -0.2) is 91.3 Å². The lowest BCUT2D eigenvalue weighted by Gasteiger charge is -2.30. The highest BCUT2D eigenvalue weighted by Gasteiger charge is 2.24. The summed E-state index contributed by atoms with van der Waals surface area (Å²) < 4.78 is 32.6. The van der Waals surface area contributed by atoms with E-state index in [4.69, 9.17) is 30.8 Å². The summed E-state index contributed by atoms with van der Waals surface area (Å²) in [5.74, 6) is -0.455. The summed E-state index contributed by atoms with van der Waals surface area (Å²) >= 11 is 6.09. The number of rotatable bonds is 11. The van der Waals surface area contributed by atoms with Gasteiger partial charge in [0.25, 0.3) is 5.91 Å². The first-order valence-corrected chi connectivity index (χ1v) is 14.5. The number of halogens is 2. The summed E-state index contributed by atoms with van der Waals surface area (Å²) in [6.45, 7) is 3.03. The fraction of sp³-hybridized carbons (Fsp3) is 0.281. The third-order valence-electron chi connectivity index (χ3n) is 7.26. The summed E-state index contributed by atoms with van der Waals surface area (Å²) in [5.41, 5.74) is 1.92. The Morgan fingerprint density at radius 3 is 2.45 bits per heavy atom. The molecule has 1 N–H and O–H groups in total. The van der Waals surface area contributed by atoms with E-state index in [1.54, 1.807) is 54.3 Å². The van der Waals surface area contributed by atoms with Crippen molar-refractivity contribution >= 4 is 29.4 Å². The minimum absolute atomic E-state index is 0.0980. The van der Waals surface area contributed by atoms with Crippen LogP contribution in [-0.2, 0) is 9.53 Å². The third-order valence-corrected chi connectivity index (χ3v) is 7.51. The second-order valence-corrected chi connectivity index (χ2v) is 10.5. The number of aromatic nitrogens is 2. The molecule has 0 unspecified atom stereocenters. The molecule has 0 atom stereocenters. The molecule has 44 heavy (non-hydrogen) atoms. The Labute approximate surface area is 259 Å². The first-order valence-electron chi connectivity index (χ1n) is 14.1. The van der Waals surface area contributed by atoms with Gasteiger partial charge >= 0.3 is 0 Å². The molecular weight excluding hydrogens is 589 g/mol. The van der Waals surface area contributed by atoms with Gasteiger partial charge in [0.15, 0.2) is 11.5 Å². The lowest BCUT2D eigenvalue weighted by Crippen LogP contribution is -2.45. The fourth-order valence-electron chi connectivity index (χ4n) is 4.88. The maximum atomic E-state index is 14.6. The molecule has 3 aromatic carbocycles. The summed E-state index contributed by atoms with van der Waals surface area (Å²) in [6.07, 6.45) is 1.78. The Kier molecular flexibility index (Phi) is 10.1. The predicted octanol–water partition coefficient (Wildman–Crippen LogP) is 4.76. The van der Waals surface area contributed by atoms with Gasteiger partial charge in [0.2, 0.25) is 11.9 Å². The zero-order valence-electron chi connectivity index (χ0n) is 24.5. The Bertz CT molecular complexity index is 1610. The number of methoxy groups -OCH3 is 2. The molecule has 1 aromatic heterocycles. The minimum Gasteiger partial charge on any atom is -0.493 e. The Morgan fingerprint density at radius 1 is 1.02 bits per heavy atom. The zero-order chi connectivity index (χ0) is 31.1. The highest BCUT2D eigenvalue weighted by atomic mass is 35.5. The van der Waals surface area contributed by atoms with Crippen molar-refractivity contribution in [3.63, 3.8) is 0 Å². The quantitative estimate of drug-likeness (QED) is 0.258. The van der Waals surface area contributed by atoms with Crippen molar-refractivity contribution in [3.8, 4) is 28.4 Å². The van der Waals surface area contributed by atoms with E-state index in [9.17, 15) is 14.0 Å². The molecule has 2 amide bonds. The number of nitrogens with one attached hydrogen (secondary N) is 1. The van der Waals surface area contributed by atoms with Gasteiger partial charge in [-0.3, -0.25) is 24.4 Å². The molecule has 1 fully saturated rings. The van der Waals surface area contributed by atoms with Gasteiger partial charge in [0.05, 0.1) is 44.4 Å². The molecule has 12 heteroatoms. The smallest absolute Gasteiger partial charge is 0.257 e. The average molecular weight is 622 g/mol. The number of morpholine rings is 1. The topological polar surface area (TPSA) is 98.2 Å². The van der Waals surface area contributed by atoms with E-state index >= 15 is 0 Å². The third kappa shape index (κ3) is 7.36. The molecule has 1 aliphatic heterocycles. The average Bonchev–Trinajstić information content (AvgIpc) is 3.46. The normalized spacial score (nSPS) is 13.4. The number of hydrogen-bond acceptors (Lipinski definition) is 7. The number of hydrogen-bond donors (Lipinski definition) is 1. The van der Waals surface area contributed by atoms with Crippen molar-refractivity contribution in [1.29, 1.82) is 0 Å². The van der Waals surface area contributed by atoms with E-state index < -0.39 is 17.6 Å². The molecule has 2 heterocycles. The standard InChI is InChI=1S/C32H33ClFN5O5/c1-42-28-12-11-24(19-29(28)43-2)39-20-27(22-7-9-23(33)10-8-22)35-32(39)36-30(40)21-38(14-13-37-15-17-44-18-16-37)31(41)25-5-3-4-6-26(25)34/h3-12,19-20H,13-18,21H2,1-2H3,(H,35,36,40). The van der Waals surface area contributed by atoms with Crippen molar-refractivity contribution in [2.75, 3.05) is 65.5 Å². The van der Waals surface area contributed by atoms with E-state index in [-0.39, 0.29) is 24.6 Å². The van der Waals surface area contributed by atoms with Crippen molar-refractivity contribution in [3.05, 3.63) is 89.3 Å². The van der Waals surface area contributed by atoms with Gasteiger partial charge in [-0.15, -0.1) is 0 Å². The molecule has 10 nitrogen and oxygen atoms in total. The Hall–Kier alpha value is -4.45. The van der Waals surface area contributed by atoms with Crippen LogP contribution >= 0.6 is 11.6 Å². The van der Waals surface area contributed by atoms with Crippen LogP contribution in [0.5, 0.6) is 11.5 Å². The molecule has 1 aliphatic rings. The number of benzene rings is 3.